The Hall–Kier alpha value is -1.59. The normalized spacial score (nSPS) is 23.7. The van der Waals surface area contributed by atoms with E-state index >= 15 is 0 Å². The Morgan fingerprint density at radius 2 is 2.29 bits per heavy atom. The molecule has 116 valence electrons. The summed E-state index contributed by atoms with van der Waals surface area (Å²) in [6.45, 7) is 5.04. The Morgan fingerprint density at radius 1 is 1.52 bits per heavy atom. The quantitative estimate of drug-likeness (QED) is 0.900. The largest absolute Gasteiger partial charge is 0.391 e. The Balaban J connectivity index is 1.99. The summed E-state index contributed by atoms with van der Waals surface area (Å²) in [6.07, 6.45) is 0.374. The summed E-state index contributed by atoms with van der Waals surface area (Å²) in [7, 11) is 1.66. The lowest BCUT2D eigenvalue weighted by atomic mass is 9.96. The molecule has 1 fully saturated rings. The first-order valence-corrected chi connectivity index (χ1v) is 7.38. The first-order chi connectivity index (χ1) is 10.0. The Labute approximate surface area is 125 Å². The van der Waals surface area contributed by atoms with E-state index in [-0.39, 0.29) is 18.1 Å². The Kier molecular flexibility index (Phi) is 5.20. The highest BCUT2D eigenvalue weighted by Crippen LogP contribution is 2.21. The second-order valence-electron chi connectivity index (χ2n) is 5.71. The predicted octanol–water partition coefficient (Wildman–Crippen LogP) is 2.63. The molecule has 5 nitrogen and oxygen atoms in total. The van der Waals surface area contributed by atoms with Crippen molar-refractivity contribution in [2.24, 2.45) is 5.92 Å². The Morgan fingerprint density at radius 3 is 2.95 bits per heavy atom. The summed E-state index contributed by atoms with van der Waals surface area (Å²) in [6, 6.07) is 7.47. The molecule has 0 aromatic heterocycles. The van der Waals surface area contributed by atoms with E-state index in [1.165, 1.54) is 0 Å². The van der Waals surface area contributed by atoms with Crippen molar-refractivity contribution in [3.63, 3.8) is 0 Å². The van der Waals surface area contributed by atoms with Crippen LogP contribution < -0.4 is 5.32 Å². The maximum atomic E-state index is 12.2. The van der Waals surface area contributed by atoms with Gasteiger partial charge in [0.2, 0.25) is 0 Å². The van der Waals surface area contributed by atoms with Crippen LogP contribution in [0.1, 0.15) is 31.9 Å². The monoisotopic (exact) mass is 292 g/mol. The van der Waals surface area contributed by atoms with Gasteiger partial charge in [-0.15, -0.1) is 0 Å². The molecule has 0 aliphatic carbocycles. The number of ether oxygens (including phenoxy) is 1. The number of amides is 2. The summed E-state index contributed by atoms with van der Waals surface area (Å²) in [5.74, 6) is 0.250. The van der Waals surface area contributed by atoms with Crippen LogP contribution in [-0.2, 0) is 4.74 Å². The number of methoxy groups -OCH3 is 1. The molecule has 5 heteroatoms. The highest BCUT2D eigenvalue weighted by atomic mass is 16.5. The molecule has 3 unspecified atom stereocenters. The average molecular weight is 292 g/mol. The van der Waals surface area contributed by atoms with Gasteiger partial charge in [0.1, 0.15) is 0 Å². The lowest BCUT2D eigenvalue weighted by Gasteiger charge is -2.34. The maximum Gasteiger partial charge on any atom is 0.321 e. The minimum atomic E-state index is -0.440. The highest BCUT2D eigenvalue weighted by molar-refractivity contribution is 5.89. The molecule has 1 aromatic rings. The van der Waals surface area contributed by atoms with Crippen LogP contribution in [0.5, 0.6) is 0 Å². The second-order valence-corrected chi connectivity index (χ2v) is 5.71. The van der Waals surface area contributed by atoms with Crippen LogP contribution in [0.2, 0.25) is 0 Å². The van der Waals surface area contributed by atoms with Crippen molar-refractivity contribution < 1.29 is 14.6 Å². The molecule has 2 rings (SSSR count). The van der Waals surface area contributed by atoms with Gasteiger partial charge >= 0.3 is 6.03 Å². The maximum absolute atomic E-state index is 12.2. The van der Waals surface area contributed by atoms with Crippen LogP contribution in [0.25, 0.3) is 0 Å². The number of β-amino-alcohol motifs (C(OH)–C–C–N with tert-alkyl or cyclic N) is 1. The van der Waals surface area contributed by atoms with E-state index in [1.54, 1.807) is 12.0 Å². The third kappa shape index (κ3) is 3.95. The van der Waals surface area contributed by atoms with Crippen molar-refractivity contribution in [2.45, 2.75) is 32.5 Å². The van der Waals surface area contributed by atoms with Gasteiger partial charge in [-0.05, 0) is 37.0 Å². The molecule has 1 saturated heterocycles. The summed E-state index contributed by atoms with van der Waals surface area (Å²) >= 11 is 0. The van der Waals surface area contributed by atoms with Gasteiger partial charge in [-0.25, -0.2) is 4.79 Å². The van der Waals surface area contributed by atoms with E-state index in [2.05, 4.69) is 5.32 Å². The molecule has 1 aliphatic rings. The molecule has 0 bridgehead atoms. The van der Waals surface area contributed by atoms with Gasteiger partial charge in [-0.1, -0.05) is 19.1 Å². The number of anilines is 1. The molecule has 1 aliphatic heterocycles. The number of rotatable bonds is 3. The minimum absolute atomic E-state index is 0.0143. The van der Waals surface area contributed by atoms with Gasteiger partial charge in [0, 0.05) is 25.9 Å². The fourth-order valence-corrected chi connectivity index (χ4v) is 2.44. The molecular formula is C16H24N2O3. The van der Waals surface area contributed by atoms with Crippen LogP contribution in [-0.4, -0.2) is 42.3 Å². The molecule has 3 atom stereocenters. The number of carbonyl (C=O) groups excluding carboxylic acids is 1. The van der Waals surface area contributed by atoms with Crippen LogP contribution in [0, 0.1) is 5.92 Å². The number of piperidine rings is 1. The van der Waals surface area contributed by atoms with Crippen molar-refractivity contribution in [1.82, 2.24) is 4.90 Å². The van der Waals surface area contributed by atoms with Crippen molar-refractivity contribution in [3.05, 3.63) is 29.8 Å². The third-order valence-corrected chi connectivity index (χ3v) is 4.17. The number of urea groups is 1. The number of carbonyl (C=O) groups is 1. The molecular weight excluding hydrogens is 268 g/mol. The van der Waals surface area contributed by atoms with Crippen LogP contribution in [0.4, 0.5) is 10.5 Å². The van der Waals surface area contributed by atoms with E-state index < -0.39 is 6.10 Å². The first kappa shape index (κ1) is 15.8. The number of benzene rings is 1. The van der Waals surface area contributed by atoms with Gasteiger partial charge in [0.25, 0.3) is 0 Å². The molecule has 0 saturated carbocycles. The van der Waals surface area contributed by atoms with Crippen LogP contribution in [0.3, 0.4) is 0 Å². The fraction of sp³-hybridized carbons (Fsp3) is 0.562. The van der Waals surface area contributed by atoms with Gasteiger partial charge in [0.05, 0.1) is 12.2 Å². The minimum Gasteiger partial charge on any atom is -0.391 e. The number of likely N-dealkylation sites (tertiary alicyclic amines) is 1. The van der Waals surface area contributed by atoms with Gasteiger partial charge in [-0.3, -0.25) is 0 Å². The molecule has 1 heterocycles. The van der Waals surface area contributed by atoms with Crippen molar-refractivity contribution >= 4 is 11.7 Å². The summed E-state index contributed by atoms with van der Waals surface area (Å²) in [4.78, 5) is 13.9. The lowest BCUT2D eigenvalue weighted by molar-refractivity contribution is 0.0464. The molecule has 0 radical (unpaired) electrons. The summed E-state index contributed by atoms with van der Waals surface area (Å²) in [5.41, 5.74) is 1.76. The van der Waals surface area contributed by atoms with E-state index in [0.29, 0.717) is 13.1 Å². The van der Waals surface area contributed by atoms with Crippen molar-refractivity contribution in [1.29, 1.82) is 0 Å². The zero-order valence-electron chi connectivity index (χ0n) is 12.9. The van der Waals surface area contributed by atoms with Gasteiger partial charge in [0.15, 0.2) is 0 Å². The van der Waals surface area contributed by atoms with E-state index in [4.69, 9.17) is 4.74 Å². The van der Waals surface area contributed by atoms with E-state index in [9.17, 15) is 9.90 Å². The number of nitrogens with one attached hydrogen (secondary N) is 1. The molecule has 21 heavy (non-hydrogen) atoms. The topological polar surface area (TPSA) is 61.8 Å². The molecule has 2 amide bonds. The fourth-order valence-electron chi connectivity index (χ4n) is 2.44. The number of hydrogen-bond acceptors (Lipinski definition) is 3. The molecule has 2 N–H and O–H groups in total. The van der Waals surface area contributed by atoms with Gasteiger partial charge in [-0.2, -0.15) is 0 Å². The molecule has 0 spiro atoms. The zero-order valence-corrected chi connectivity index (χ0v) is 12.9. The van der Waals surface area contributed by atoms with Gasteiger partial charge < -0.3 is 20.1 Å². The first-order valence-electron chi connectivity index (χ1n) is 7.38. The standard InChI is InChI=1S/C16H24N2O3/c1-11-7-8-18(10-15(11)19)16(20)17-14-6-4-5-13(9-14)12(2)21-3/h4-6,9,11-12,15,19H,7-8,10H2,1-3H3,(H,17,20). The second kappa shape index (κ2) is 6.91. The number of aliphatic hydroxyl groups excluding tert-OH is 1. The number of hydrogen-bond donors (Lipinski definition) is 2. The van der Waals surface area contributed by atoms with E-state index in [0.717, 1.165) is 17.7 Å². The third-order valence-electron chi connectivity index (χ3n) is 4.17. The SMILES string of the molecule is COC(C)c1cccc(NC(=O)N2CCC(C)C(O)C2)c1. The van der Waals surface area contributed by atoms with Crippen molar-refractivity contribution in [2.75, 3.05) is 25.5 Å². The zero-order chi connectivity index (χ0) is 15.4. The van der Waals surface area contributed by atoms with Crippen LogP contribution >= 0.6 is 0 Å². The highest BCUT2D eigenvalue weighted by Gasteiger charge is 2.27. The van der Waals surface area contributed by atoms with Crippen molar-refractivity contribution in [3.8, 4) is 0 Å². The number of aliphatic hydroxyl groups is 1. The smallest absolute Gasteiger partial charge is 0.321 e. The average Bonchev–Trinajstić information content (AvgIpc) is 2.49. The summed E-state index contributed by atoms with van der Waals surface area (Å²) < 4.78 is 5.28. The number of nitrogens with zero attached hydrogens (tertiary/aromatic N) is 1. The Bertz CT molecular complexity index is 492. The van der Waals surface area contributed by atoms with Crippen LogP contribution in [0.15, 0.2) is 24.3 Å². The van der Waals surface area contributed by atoms with E-state index in [1.807, 2.05) is 38.1 Å². The summed E-state index contributed by atoms with van der Waals surface area (Å²) in [5, 5.41) is 12.8. The predicted molar refractivity (Wildman–Crippen MR) is 82.2 cm³/mol. The lowest BCUT2D eigenvalue weighted by Crippen LogP contribution is -2.47. The molecule has 1 aromatic carbocycles.